The van der Waals surface area contributed by atoms with Crippen molar-refractivity contribution in [2.45, 2.75) is 39.3 Å². The van der Waals surface area contributed by atoms with Crippen LogP contribution in [0.5, 0.6) is 0 Å². The highest BCUT2D eigenvalue weighted by Crippen LogP contribution is 2.19. The second-order valence-corrected chi connectivity index (χ2v) is 6.14. The molecule has 1 aromatic heterocycles. The molecule has 2 rings (SSSR count). The van der Waals surface area contributed by atoms with Gasteiger partial charge in [-0.2, -0.15) is 0 Å². The number of anilines is 1. The number of carbonyl (C=O) groups excluding carboxylic acids is 1. The third-order valence-electron chi connectivity index (χ3n) is 3.49. The van der Waals surface area contributed by atoms with Gasteiger partial charge < -0.3 is 5.32 Å². The molecule has 1 heterocycles. The van der Waals surface area contributed by atoms with Crippen LogP contribution in [-0.4, -0.2) is 11.9 Å². The minimum atomic E-state index is -0.243. The predicted molar refractivity (Wildman–Crippen MR) is 89.8 cm³/mol. The van der Waals surface area contributed by atoms with Gasteiger partial charge in [-0.05, 0) is 49.4 Å². The van der Waals surface area contributed by atoms with Gasteiger partial charge >= 0.3 is 0 Å². The van der Waals surface area contributed by atoms with Crippen molar-refractivity contribution in [3.63, 3.8) is 0 Å². The summed E-state index contributed by atoms with van der Waals surface area (Å²) in [5, 5.41) is 8.32. The number of amides is 1. The molecule has 21 heavy (non-hydrogen) atoms. The lowest BCUT2D eigenvalue weighted by atomic mass is 10.1. The molecule has 3 nitrogen and oxygen atoms in total. The molecule has 0 aliphatic heterocycles. The minimum absolute atomic E-state index is 0.0114. The average Bonchev–Trinajstić information content (AvgIpc) is 3.02. The summed E-state index contributed by atoms with van der Waals surface area (Å²) in [6.07, 6.45) is 1.00. The van der Waals surface area contributed by atoms with Crippen LogP contribution in [0.2, 0.25) is 0 Å². The predicted octanol–water partition coefficient (Wildman–Crippen LogP) is 3.99. The van der Waals surface area contributed by atoms with Crippen molar-refractivity contribution >= 4 is 22.9 Å². The Morgan fingerprint density at radius 1 is 1.19 bits per heavy atom. The molecule has 0 saturated carbocycles. The topological polar surface area (TPSA) is 41.1 Å². The Labute approximate surface area is 130 Å². The Hall–Kier alpha value is -1.65. The van der Waals surface area contributed by atoms with Gasteiger partial charge in [0.15, 0.2) is 0 Å². The fourth-order valence-electron chi connectivity index (χ4n) is 2.14. The lowest BCUT2D eigenvalue weighted by Gasteiger charge is -2.18. The number of carbonyl (C=O) groups is 1. The molecular weight excluding hydrogens is 280 g/mol. The van der Waals surface area contributed by atoms with Crippen molar-refractivity contribution < 1.29 is 4.79 Å². The van der Waals surface area contributed by atoms with E-state index < -0.39 is 0 Å². The summed E-state index contributed by atoms with van der Waals surface area (Å²) in [6, 6.07) is 12.0. The lowest BCUT2D eigenvalue weighted by molar-refractivity contribution is -0.117. The van der Waals surface area contributed by atoms with E-state index in [-0.39, 0.29) is 18.0 Å². The third kappa shape index (κ3) is 4.41. The molecule has 1 amide bonds. The van der Waals surface area contributed by atoms with Gasteiger partial charge in [0, 0.05) is 16.6 Å². The number of aryl methyl sites for hydroxylation is 1. The maximum absolute atomic E-state index is 12.2. The van der Waals surface area contributed by atoms with Gasteiger partial charge in [0.1, 0.15) is 0 Å². The van der Waals surface area contributed by atoms with Gasteiger partial charge in [-0.1, -0.05) is 25.1 Å². The Morgan fingerprint density at radius 2 is 1.90 bits per heavy atom. The summed E-state index contributed by atoms with van der Waals surface area (Å²) >= 11 is 1.70. The quantitative estimate of drug-likeness (QED) is 0.847. The molecular formula is C17H22N2OS. The number of thiophene rings is 1. The summed E-state index contributed by atoms with van der Waals surface area (Å²) in [6.45, 7) is 6.08. The van der Waals surface area contributed by atoms with Gasteiger partial charge in [-0.15, -0.1) is 11.3 Å². The standard InChI is InChI=1S/C17H22N2OS/c1-4-14-7-9-15(10-8-14)19-17(20)13(3)18-12(2)16-6-5-11-21-16/h5-13,18H,4H2,1-3H3,(H,19,20)/t12-,13+/m1/s1. The van der Waals surface area contributed by atoms with Crippen LogP contribution in [0.25, 0.3) is 0 Å². The number of nitrogens with one attached hydrogen (secondary N) is 2. The summed E-state index contributed by atoms with van der Waals surface area (Å²) in [4.78, 5) is 13.4. The molecule has 2 N–H and O–H groups in total. The second-order valence-electron chi connectivity index (χ2n) is 5.17. The van der Waals surface area contributed by atoms with Crippen LogP contribution in [0.15, 0.2) is 41.8 Å². The molecule has 0 saturated heterocycles. The highest BCUT2D eigenvalue weighted by atomic mass is 32.1. The van der Waals surface area contributed by atoms with Crippen LogP contribution in [0.3, 0.4) is 0 Å². The zero-order chi connectivity index (χ0) is 15.2. The van der Waals surface area contributed by atoms with E-state index in [4.69, 9.17) is 0 Å². The normalized spacial score (nSPS) is 13.7. The Balaban J connectivity index is 1.89. The van der Waals surface area contributed by atoms with Crippen molar-refractivity contribution in [3.05, 3.63) is 52.2 Å². The molecule has 112 valence electrons. The van der Waals surface area contributed by atoms with Gasteiger partial charge in [0.05, 0.1) is 6.04 Å². The van der Waals surface area contributed by atoms with Crippen molar-refractivity contribution in [3.8, 4) is 0 Å². The molecule has 0 unspecified atom stereocenters. The average molecular weight is 302 g/mol. The van der Waals surface area contributed by atoms with E-state index in [2.05, 4.69) is 30.5 Å². The van der Waals surface area contributed by atoms with Crippen LogP contribution >= 0.6 is 11.3 Å². The number of benzene rings is 1. The Morgan fingerprint density at radius 3 is 2.48 bits per heavy atom. The summed E-state index contributed by atoms with van der Waals surface area (Å²) in [7, 11) is 0. The Kier molecular flexibility index (Phi) is 5.53. The maximum atomic E-state index is 12.2. The molecule has 2 atom stereocenters. The summed E-state index contributed by atoms with van der Waals surface area (Å²) < 4.78 is 0. The first kappa shape index (κ1) is 15.7. The number of rotatable bonds is 6. The van der Waals surface area contributed by atoms with Crippen LogP contribution in [0, 0.1) is 0 Å². The summed E-state index contributed by atoms with van der Waals surface area (Å²) in [5.74, 6) is -0.0114. The fraction of sp³-hybridized carbons (Fsp3) is 0.353. The first-order valence-corrected chi connectivity index (χ1v) is 8.17. The number of hydrogen-bond acceptors (Lipinski definition) is 3. The third-order valence-corrected chi connectivity index (χ3v) is 4.55. The molecule has 0 bridgehead atoms. The molecule has 4 heteroatoms. The smallest absolute Gasteiger partial charge is 0.241 e. The van der Waals surface area contributed by atoms with Gasteiger partial charge in [0.2, 0.25) is 5.91 Å². The van der Waals surface area contributed by atoms with E-state index in [0.29, 0.717) is 0 Å². The van der Waals surface area contributed by atoms with E-state index in [0.717, 1.165) is 12.1 Å². The monoisotopic (exact) mass is 302 g/mol. The van der Waals surface area contributed by atoms with Crippen LogP contribution in [0.4, 0.5) is 5.69 Å². The van der Waals surface area contributed by atoms with Crippen molar-refractivity contribution in [1.29, 1.82) is 0 Å². The van der Waals surface area contributed by atoms with Crippen molar-refractivity contribution in [2.75, 3.05) is 5.32 Å². The highest BCUT2D eigenvalue weighted by Gasteiger charge is 2.16. The van der Waals surface area contributed by atoms with Gasteiger partial charge in [0.25, 0.3) is 0 Å². The van der Waals surface area contributed by atoms with Gasteiger partial charge in [-0.25, -0.2) is 0 Å². The summed E-state index contributed by atoms with van der Waals surface area (Å²) in [5.41, 5.74) is 2.11. The number of hydrogen-bond donors (Lipinski definition) is 2. The first-order valence-electron chi connectivity index (χ1n) is 7.29. The SMILES string of the molecule is CCc1ccc(NC(=O)[C@H](C)N[C@H](C)c2cccs2)cc1. The van der Waals surface area contributed by atoms with Crippen LogP contribution in [-0.2, 0) is 11.2 Å². The molecule has 0 radical (unpaired) electrons. The fourth-order valence-corrected chi connectivity index (χ4v) is 2.89. The molecule has 0 aliphatic rings. The molecule has 2 aromatic rings. The van der Waals surface area contributed by atoms with E-state index >= 15 is 0 Å². The minimum Gasteiger partial charge on any atom is -0.325 e. The maximum Gasteiger partial charge on any atom is 0.241 e. The lowest BCUT2D eigenvalue weighted by Crippen LogP contribution is -2.39. The molecule has 0 fully saturated rings. The molecule has 0 aliphatic carbocycles. The van der Waals surface area contributed by atoms with E-state index in [1.165, 1.54) is 10.4 Å². The first-order chi connectivity index (χ1) is 10.1. The highest BCUT2D eigenvalue weighted by molar-refractivity contribution is 7.10. The van der Waals surface area contributed by atoms with Crippen LogP contribution in [0.1, 0.15) is 37.3 Å². The van der Waals surface area contributed by atoms with Crippen molar-refractivity contribution in [1.82, 2.24) is 5.32 Å². The zero-order valence-corrected chi connectivity index (χ0v) is 13.5. The molecule has 0 spiro atoms. The van der Waals surface area contributed by atoms with E-state index in [1.807, 2.05) is 42.6 Å². The van der Waals surface area contributed by atoms with E-state index in [9.17, 15) is 4.79 Å². The van der Waals surface area contributed by atoms with Crippen LogP contribution < -0.4 is 10.6 Å². The van der Waals surface area contributed by atoms with E-state index in [1.54, 1.807) is 11.3 Å². The zero-order valence-electron chi connectivity index (χ0n) is 12.7. The Bertz CT molecular complexity index is 563. The van der Waals surface area contributed by atoms with Crippen molar-refractivity contribution in [2.24, 2.45) is 0 Å². The van der Waals surface area contributed by atoms with Gasteiger partial charge in [-0.3, -0.25) is 10.1 Å². The second kappa shape index (κ2) is 7.38. The largest absolute Gasteiger partial charge is 0.325 e. The molecule has 1 aromatic carbocycles.